The maximum Gasteiger partial charge on any atom is 0.416 e. The Labute approximate surface area is 195 Å². The fourth-order valence-electron chi connectivity index (χ4n) is 4.43. The van der Waals surface area contributed by atoms with E-state index in [0.29, 0.717) is 30.0 Å². The van der Waals surface area contributed by atoms with E-state index in [1.54, 1.807) is 10.7 Å². The fraction of sp³-hybridized carbons (Fsp3) is 0.346. The van der Waals surface area contributed by atoms with E-state index in [4.69, 9.17) is 0 Å². The molecule has 0 fully saturated rings. The van der Waals surface area contributed by atoms with Crippen molar-refractivity contribution in [2.75, 3.05) is 6.54 Å². The molecule has 0 saturated heterocycles. The highest BCUT2D eigenvalue weighted by atomic mass is 19.4. The van der Waals surface area contributed by atoms with Gasteiger partial charge in [-0.15, -0.1) is 0 Å². The van der Waals surface area contributed by atoms with Crippen LogP contribution in [0.4, 0.5) is 13.2 Å². The van der Waals surface area contributed by atoms with Gasteiger partial charge < -0.3 is 4.90 Å². The number of unbranched alkanes of at least 4 members (excludes halogenated alkanes) is 1. The number of carbonyl (C=O) groups excluding carboxylic acids is 1. The summed E-state index contributed by atoms with van der Waals surface area (Å²) in [5.74, 6) is -0.118. The summed E-state index contributed by atoms with van der Waals surface area (Å²) >= 11 is 0. The van der Waals surface area contributed by atoms with E-state index in [0.717, 1.165) is 42.5 Å². The third-order valence-corrected chi connectivity index (χ3v) is 6.41. The van der Waals surface area contributed by atoms with Crippen molar-refractivity contribution in [2.24, 2.45) is 4.99 Å². The molecule has 3 heterocycles. The number of benzene rings is 2. The summed E-state index contributed by atoms with van der Waals surface area (Å²) in [6.07, 6.45) is 0.406. The zero-order valence-electron chi connectivity index (χ0n) is 18.8. The van der Waals surface area contributed by atoms with Crippen molar-refractivity contribution in [3.63, 3.8) is 0 Å². The molecule has 2 unspecified atom stereocenters. The van der Waals surface area contributed by atoms with E-state index >= 15 is 0 Å². The van der Waals surface area contributed by atoms with Crippen LogP contribution >= 0.6 is 0 Å². The lowest BCUT2D eigenvalue weighted by Crippen LogP contribution is -2.42. The van der Waals surface area contributed by atoms with Gasteiger partial charge in [0.05, 0.1) is 17.3 Å². The van der Waals surface area contributed by atoms with Gasteiger partial charge in [-0.2, -0.15) is 18.3 Å². The first-order chi connectivity index (χ1) is 16.3. The standard InChI is InChI=1S/C26H25F3N4O/c1-2-3-4-21-16-32(15-17-5-7-19(8-6-17)23-14-30-23)25(34)24-13-22(31-33(21)24)18-9-11-20(12-10-18)26(27,28)29/h5-14,21,23H,2-4,15-16H2,1H3. The summed E-state index contributed by atoms with van der Waals surface area (Å²) in [7, 11) is 0. The number of hydrogen-bond donors (Lipinski definition) is 0. The molecule has 2 aliphatic rings. The van der Waals surface area contributed by atoms with Crippen LogP contribution in [0.25, 0.3) is 11.3 Å². The van der Waals surface area contributed by atoms with Gasteiger partial charge in [0.25, 0.3) is 5.91 Å². The number of fused-ring (bicyclic) bond motifs is 1. The first kappa shape index (κ1) is 22.4. The molecule has 0 spiro atoms. The third-order valence-electron chi connectivity index (χ3n) is 6.41. The first-order valence-electron chi connectivity index (χ1n) is 11.5. The zero-order valence-corrected chi connectivity index (χ0v) is 18.8. The van der Waals surface area contributed by atoms with Gasteiger partial charge in [-0.3, -0.25) is 14.5 Å². The number of carbonyl (C=O) groups is 1. The molecule has 2 aromatic carbocycles. The predicted molar refractivity (Wildman–Crippen MR) is 124 cm³/mol. The molecule has 1 aromatic heterocycles. The second kappa shape index (κ2) is 8.74. The van der Waals surface area contributed by atoms with Crippen molar-refractivity contribution in [2.45, 2.75) is 51.0 Å². The van der Waals surface area contributed by atoms with Gasteiger partial charge in [-0.1, -0.05) is 56.2 Å². The summed E-state index contributed by atoms with van der Waals surface area (Å²) in [6, 6.07) is 15.0. The molecule has 5 nitrogen and oxygen atoms in total. The van der Waals surface area contributed by atoms with Crippen molar-refractivity contribution in [1.29, 1.82) is 0 Å². The van der Waals surface area contributed by atoms with E-state index in [-0.39, 0.29) is 18.0 Å². The van der Waals surface area contributed by atoms with Crippen molar-refractivity contribution in [3.05, 3.63) is 77.0 Å². The van der Waals surface area contributed by atoms with Crippen molar-refractivity contribution >= 4 is 12.1 Å². The molecule has 0 N–H and O–H groups in total. The highest BCUT2D eigenvalue weighted by molar-refractivity contribution is 5.94. The summed E-state index contributed by atoms with van der Waals surface area (Å²) in [4.78, 5) is 19.4. The Morgan fingerprint density at radius 2 is 1.76 bits per heavy atom. The maximum atomic E-state index is 13.4. The Bertz CT molecular complexity index is 1210. The smallest absolute Gasteiger partial charge is 0.331 e. The quantitative estimate of drug-likeness (QED) is 0.424. The van der Waals surface area contributed by atoms with Crippen LogP contribution < -0.4 is 0 Å². The van der Waals surface area contributed by atoms with Crippen LogP contribution in [-0.2, 0) is 12.7 Å². The number of amides is 1. The minimum Gasteiger partial charge on any atom is -0.331 e. The monoisotopic (exact) mass is 466 g/mol. The first-order valence-corrected chi connectivity index (χ1v) is 11.5. The summed E-state index contributed by atoms with van der Waals surface area (Å²) in [5.41, 5.74) is 3.03. The predicted octanol–water partition coefficient (Wildman–Crippen LogP) is 6.08. The molecule has 5 rings (SSSR count). The largest absolute Gasteiger partial charge is 0.416 e. The van der Waals surface area contributed by atoms with E-state index in [9.17, 15) is 18.0 Å². The molecule has 34 heavy (non-hydrogen) atoms. The fourth-order valence-corrected chi connectivity index (χ4v) is 4.43. The molecule has 8 heteroatoms. The van der Waals surface area contributed by atoms with Crippen molar-refractivity contribution in [3.8, 4) is 11.3 Å². The van der Waals surface area contributed by atoms with Gasteiger partial charge in [0.1, 0.15) is 11.7 Å². The molecule has 2 atom stereocenters. The molecule has 0 aliphatic carbocycles. The Hall–Kier alpha value is -3.42. The lowest BCUT2D eigenvalue weighted by atomic mass is 10.0. The second-order valence-electron chi connectivity index (χ2n) is 8.90. The highest BCUT2D eigenvalue weighted by Crippen LogP contribution is 2.33. The Balaban J connectivity index is 1.41. The van der Waals surface area contributed by atoms with Crippen LogP contribution in [0, 0.1) is 0 Å². The van der Waals surface area contributed by atoms with E-state index in [2.05, 4.69) is 17.0 Å². The van der Waals surface area contributed by atoms with Gasteiger partial charge in [0.15, 0.2) is 0 Å². The lowest BCUT2D eigenvalue weighted by molar-refractivity contribution is -0.137. The lowest BCUT2D eigenvalue weighted by Gasteiger charge is -2.33. The van der Waals surface area contributed by atoms with Gasteiger partial charge in [-0.25, -0.2) is 0 Å². The molecule has 0 bridgehead atoms. The molecule has 1 amide bonds. The number of aliphatic imine (C=N–C) groups is 1. The number of alkyl halides is 3. The number of hydrogen-bond acceptors (Lipinski definition) is 3. The molecular weight excluding hydrogens is 441 g/mol. The normalized spacial score (nSPS) is 19.4. The maximum absolute atomic E-state index is 13.4. The van der Waals surface area contributed by atoms with Gasteiger partial charge >= 0.3 is 6.18 Å². The zero-order chi connectivity index (χ0) is 23.9. The Morgan fingerprint density at radius 1 is 1.06 bits per heavy atom. The molecular formula is C26H25F3N4O. The van der Waals surface area contributed by atoms with Crippen LogP contribution in [-0.4, -0.2) is 33.3 Å². The van der Waals surface area contributed by atoms with Crippen LogP contribution in [0.2, 0.25) is 0 Å². The van der Waals surface area contributed by atoms with E-state index in [1.807, 2.05) is 35.4 Å². The van der Waals surface area contributed by atoms with Gasteiger partial charge in [0.2, 0.25) is 0 Å². The molecule has 3 aromatic rings. The van der Waals surface area contributed by atoms with Crippen molar-refractivity contribution < 1.29 is 18.0 Å². The SMILES string of the molecule is CCCCC1CN(Cc2ccc(C3C=N3)cc2)C(=O)c2cc(-c3ccc(C(F)(F)F)cc3)nn21. The molecule has 176 valence electrons. The summed E-state index contributed by atoms with van der Waals surface area (Å²) < 4.78 is 40.6. The highest BCUT2D eigenvalue weighted by Gasteiger charge is 2.33. The molecule has 0 radical (unpaired) electrons. The third kappa shape index (κ3) is 4.49. The van der Waals surface area contributed by atoms with Crippen LogP contribution in [0.3, 0.4) is 0 Å². The topological polar surface area (TPSA) is 50.5 Å². The van der Waals surface area contributed by atoms with Crippen LogP contribution in [0.1, 0.15) is 65.4 Å². The second-order valence-corrected chi connectivity index (χ2v) is 8.90. The molecule has 2 aliphatic heterocycles. The average molecular weight is 467 g/mol. The Kier molecular flexibility index (Phi) is 5.75. The number of aromatic nitrogens is 2. The summed E-state index contributed by atoms with van der Waals surface area (Å²) in [5, 5.41) is 4.65. The van der Waals surface area contributed by atoms with E-state index in [1.165, 1.54) is 12.1 Å². The van der Waals surface area contributed by atoms with Crippen molar-refractivity contribution in [1.82, 2.24) is 14.7 Å². The number of halogens is 3. The average Bonchev–Trinajstić information content (AvgIpc) is 3.58. The minimum absolute atomic E-state index is 0.0231. The minimum atomic E-state index is -4.39. The molecule has 0 saturated carbocycles. The number of nitrogens with zero attached hydrogens (tertiary/aromatic N) is 4. The van der Waals surface area contributed by atoms with Crippen LogP contribution in [0.15, 0.2) is 59.6 Å². The van der Waals surface area contributed by atoms with Crippen LogP contribution in [0.5, 0.6) is 0 Å². The van der Waals surface area contributed by atoms with E-state index < -0.39 is 11.7 Å². The van der Waals surface area contributed by atoms with Gasteiger partial charge in [0, 0.05) is 24.9 Å². The van der Waals surface area contributed by atoms with Gasteiger partial charge in [-0.05, 0) is 35.7 Å². The Morgan fingerprint density at radius 3 is 2.38 bits per heavy atom. The summed E-state index contributed by atoms with van der Waals surface area (Å²) in [6.45, 7) is 3.16. The number of rotatable bonds is 7.